The van der Waals surface area contributed by atoms with Crippen LogP contribution >= 0.6 is 30.3 Å². The molecule has 2 aromatic carbocycles. The smallest absolute Gasteiger partial charge is 0.228 e. The van der Waals surface area contributed by atoms with Gasteiger partial charge in [0.15, 0.2) is 7.14 Å². The van der Waals surface area contributed by atoms with Gasteiger partial charge in [-0.3, -0.25) is 4.79 Å². The Balaban J connectivity index is 2.66. The largest absolute Gasteiger partial charge is 0.310 e. The first-order chi connectivity index (χ1) is 10.4. The van der Waals surface area contributed by atoms with Crippen molar-refractivity contribution in [2.75, 3.05) is 0 Å². The summed E-state index contributed by atoms with van der Waals surface area (Å²) in [6.07, 6.45) is 0.625. The van der Waals surface area contributed by atoms with E-state index in [0.29, 0.717) is 11.7 Å². The molecule has 0 aliphatic rings. The molecule has 0 saturated heterocycles. The fourth-order valence-electron chi connectivity index (χ4n) is 2.35. The van der Waals surface area contributed by atoms with Gasteiger partial charge in [-0.2, -0.15) is 0 Å². The molecule has 2 rings (SSSR count). The highest BCUT2D eigenvalue weighted by Crippen LogP contribution is 2.55. The molecule has 0 fully saturated rings. The van der Waals surface area contributed by atoms with Gasteiger partial charge in [0.05, 0.1) is 15.6 Å². The van der Waals surface area contributed by atoms with Crippen LogP contribution in [0.3, 0.4) is 0 Å². The van der Waals surface area contributed by atoms with Crippen molar-refractivity contribution < 1.29 is 9.36 Å². The highest BCUT2D eigenvalue weighted by molar-refractivity contribution is 7.88. The second-order valence-electron chi connectivity index (χ2n) is 5.15. The molecule has 22 heavy (non-hydrogen) atoms. The van der Waals surface area contributed by atoms with E-state index in [0.717, 1.165) is 0 Å². The molecule has 2 atom stereocenters. The number of rotatable bonds is 5. The molecule has 0 amide bonds. The minimum absolute atomic E-state index is 0.151. The van der Waals surface area contributed by atoms with Gasteiger partial charge in [-0.25, -0.2) is 0 Å². The normalized spacial score (nSPS) is 15.1. The molecule has 0 saturated carbocycles. The van der Waals surface area contributed by atoms with Crippen molar-refractivity contribution in [1.82, 2.24) is 0 Å². The van der Waals surface area contributed by atoms with Crippen LogP contribution in [0.5, 0.6) is 0 Å². The molecule has 0 spiro atoms. The van der Waals surface area contributed by atoms with Crippen LogP contribution in [0.1, 0.15) is 30.6 Å². The van der Waals surface area contributed by atoms with E-state index in [1.165, 1.54) is 0 Å². The first-order valence-electron chi connectivity index (χ1n) is 7.07. The van der Waals surface area contributed by atoms with Crippen molar-refractivity contribution in [3.8, 4) is 0 Å². The molecular weight excluding hydrogens is 338 g/mol. The van der Waals surface area contributed by atoms with Crippen molar-refractivity contribution in [1.29, 1.82) is 0 Å². The third kappa shape index (κ3) is 3.01. The highest BCUT2D eigenvalue weighted by Gasteiger charge is 2.40. The number of halogens is 2. The van der Waals surface area contributed by atoms with E-state index in [1.807, 2.05) is 19.9 Å². The Labute approximate surface area is 140 Å². The average molecular weight is 355 g/mol. The van der Waals surface area contributed by atoms with Crippen LogP contribution in [-0.4, -0.2) is 11.2 Å². The Kier molecular flexibility index (Phi) is 5.50. The summed E-state index contributed by atoms with van der Waals surface area (Å²) in [6, 6.07) is 13.7. The van der Waals surface area contributed by atoms with Crippen LogP contribution in [0, 0.1) is 0 Å². The van der Waals surface area contributed by atoms with Crippen molar-refractivity contribution in [2.24, 2.45) is 0 Å². The molecular formula is C17H17Cl2O2P. The molecule has 0 bridgehead atoms. The molecule has 2 unspecified atom stereocenters. The molecule has 0 N–H and O–H groups in total. The highest BCUT2D eigenvalue weighted by atomic mass is 35.5. The number of carbonyl (C=O) groups excluding carboxylic acids is 1. The maximum Gasteiger partial charge on any atom is 0.228 e. The van der Waals surface area contributed by atoms with E-state index >= 15 is 0 Å². The fourth-order valence-corrected chi connectivity index (χ4v) is 5.89. The summed E-state index contributed by atoms with van der Waals surface area (Å²) in [4.78, 5) is 13.1. The van der Waals surface area contributed by atoms with Crippen LogP contribution < -0.4 is 5.30 Å². The van der Waals surface area contributed by atoms with Gasteiger partial charge in [0.2, 0.25) is 5.52 Å². The first kappa shape index (κ1) is 17.3. The average Bonchev–Trinajstić information content (AvgIpc) is 2.53. The predicted octanol–water partition coefficient (Wildman–Crippen LogP) is 5.62. The SMILES string of the molecule is CCC(C)P(=O)(C(=O)c1c(Cl)cccc1Cl)c1ccccc1. The van der Waals surface area contributed by atoms with E-state index in [2.05, 4.69) is 0 Å². The van der Waals surface area contributed by atoms with E-state index < -0.39 is 12.7 Å². The molecule has 0 aliphatic carbocycles. The van der Waals surface area contributed by atoms with Gasteiger partial charge in [0, 0.05) is 11.0 Å². The summed E-state index contributed by atoms with van der Waals surface area (Å²) >= 11 is 12.3. The molecule has 5 heteroatoms. The lowest BCUT2D eigenvalue weighted by Crippen LogP contribution is -2.21. The monoisotopic (exact) mass is 354 g/mol. The van der Waals surface area contributed by atoms with Crippen LogP contribution in [-0.2, 0) is 4.57 Å². The Morgan fingerprint density at radius 2 is 1.59 bits per heavy atom. The molecule has 2 aromatic rings. The maximum absolute atomic E-state index is 13.7. The van der Waals surface area contributed by atoms with Crippen LogP contribution in [0.25, 0.3) is 0 Å². The van der Waals surface area contributed by atoms with Gasteiger partial charge in [0.25, 0.3) is 0 Å². The second-order valence-corrected chi connectivity index (χ2v) is 9.09. The van der Waals surface area contributed by atoms with Crippen LogP contribution in [0.2, 0.25) is 10.0 Å². The van der Waals surface area contributed by atoms with E-state index in [-0.39, 0.29) is 21.3 Å². The van der Waals surface area contributed by atoms with E-state index in [9.17, 15) is 9.36 Å². The number of hydrogen-bond acceptors (Lipinski definition) is 2. The van der Waals surface area contributed by atoms with Crippen molar-refractivity contribution >= 4 is 41.2 Å². The van der Waals surface area contributed by atoms with Gasteiger partial charge in [-0.1, -0.05) is 73.4 Å². The number of benzene rings is 2. The van der Waals surface area contributed by atoms with E-state index in [1.54, 1.807) is 42.5 Å². The third-order valence-electron chi connectivity index (χ3n) is 3.83. The molecule has 0 heterocycles. The van der Waals surface area contributed by atoms with Gasteiger partial charge < -0.3 is 4.57 Å². The second kappa shape index (κ2) is 7.00. The molecule has 0 aliphatic heterocycles. The third-order valence-corrected chi connectivity index (χ3v) is 7.96. The lowest BCUT2D eigenvalue weighted by atomic mass is 10.2. The van der Waals surface area contributed by atoms with Gasteiger partial charge in [-0.15, -0.1) is 0 Å². The summed E-state index contributed by atoms with van der Waals surface area (Å²) in [6.45, 7) is 3.75. The Morgan fingerprint density at radius 3 is 2.09 bits per heavy atom. The van der Waals surface area contributed by atoms with Crippen molar-refractivity contribution in [2.45, 2.75) is 25.9 Å². The van der Waals surface area contributed by atoms with Crippen molar-refractivity contribution in [3.05, 3.63) is 64.1 Å². The topological polar surface area (TPSA) is 34.1 Å². The lowest BCUT2D eigenvalue weighted by Gasteiger charge is -2.24. The number of hydrogen-bond donors (Lipinski definition) is 0. The quantitative estimate of drug-likeness (QED) is 0.653. The Bertz CT molecular complexity index is 708. The standard InChI is InChI=1S/C17H17Cl2O2P/c1-3-12(2)22(21,13-8-5-4-6-9-13)17(20)16-14(18)10-7-11-15(16)19/h4-12H,3H2,1-2H3. The zero-order valence-electron chi connectivity index (χ0n) is 12.4. The lowest BCUT2D eigenvalue weighted by molar-refractivity contribution is 0.107. The Hall–Kier alpha value is -1.08. The van der Waals surface area contributed by atoms with Gasteiger partial charge in [-0.05, 0) is 18.6 Å². The summed E-state index contributed by atoms with van der Waals surface area (Å²) in [7, 11) is -3.34. The fraction of sp³-hybridized carbons (Fsp3) is 0.235. The minimum Gasteiger partial charge on any atom is -0.310 e. The summed E-state index contributed by atoms with van der Waals surface area (Å²) < 4.78 is 13.7. The molecule has 0 aromatic heterocycles. The maximum atomic E-state index is 13.7. The van der Waals surface area contributed by atoms with Crippen molar-refractivity contribution in [3.63, 3.8) is 0 Å². The zero-order chi connectivity index (χ0) is 16.3. The molecule has 0 radical (unpaired) electrons. The minimum atomic E-state index is -3.34. The van der Waals surface area contributed by atoms with Gasteiger partial charge >= 0.3 is 0 Å². The molecule has 2 nitrogen and oxygen atoms in total. The summed E-state index contributed by atoms with van der Waals surface area (Å²) in [5.41, 5.74) is -0.600. The molecule has 116 valence electrons. The summed E-state index contributed by atoms with van der Waals surface area (Å²) in [5, 5.41) is 1.01. The van der Waals surface area contributed by atoms with E-state index in [4.69, 9.17) is 23.2 Å². The van der Waals surface area contributed by atoms with Crippen LogP contribution in [0.15, 0.2) is 48.5 Å². The number of carbonyl (C=O) groups is 1. The zero-order valence-corrected chi connectivity index (χ0v) is 14.8. The summed E-state index contributed by atoms with van der Waals surface area (Å²) in [5.74, 6) is 0. The first-order valence-corrected chi connectivity index (χ1v) is 9.60. The van der Waals surface area contributed by atoms with Crippen LogP contribution in [0.4, 0.5) is 0 Å². The Morgan fingerprint density at radius 1 is 1.05 bits per heavy atom. The predicted molar refractivity (Wildman–Crippen MR) is 94.2 cm³/mol. The van der Waals surface area contributed by atoms with Gasteiger partial charge in [0.1, 0.15) is 0 Å².